The van der Waals surface area contributed by atoms with Gasteiger partial charge in [-0.1, -0.05) is 70.3 Å². The zero-order valence-electron chi connectivity index (χ0n) is 12.1. The maximum Gasteiger partial charge on any atom is -0.0351 e. The summed E-state index contributed by atoms with van der Waals surface area (Å²) in [5, 5.41) is 0. The molecule has 0 atom stereocenters. The first kappa shape index (κ1) is 16.5. The standard InChI is InChI=1S/C17H32/c1-3-5-7-9-11-13-15-17-16-14-12-10-8-6-4-2/h5,7,10,12H,3-4,6,8-9,11,13-17H2,1-2H3/b7-5+,12-10+. The molecular formula is C17H32. The highest BCUT2D eigenvalue weighted by atomic mass is 13.9. The van der Waals surface area contributed by atoms with Crippen molar-refractivity contribution >= 4 is 0 Å². The molecule has 0 N–H and O–H groups in total. The zero-order valence-corrected chi connectivity index (χ0v) is 12.1. The summed E-state index contributed by atoms with van der Waals surface area (Å²) in [5.41, 5.74) is 0. The molecule has 0 saturated carbocycles. The molecule has 0 unspecified atom stereocenters. The molecule has 0 nitrogen and oxygen atoms in total. The van der Waals surface area contributed by atoms with Crippen molar-refractivity contribution in [2.45, 2.75) is 84.5 Å². The van der Waals surface area contributed by atoms with Crippen molar-refractivity contribution in [1.29, 1.82) is 0 Å². The number of hydrogen-bond donors (Lipinski definition) is 0. The number of hydrogen-bond acceptors (Lipinski definition) is 0. The molecule has 0 heteroatoms. The minimum Gasteiger partial charge on any atom is -0.0888 e. The van der Waals surface area contributed by atoms with Crippen LogP contribution in [0, 0.1) is 0 Å². The molecule has 0 aliphatic heterocycles. The minimum atomic E-state index is 1.18. The van der Waals surface area contributed by atoms with Crippen LogP contribution in [0.2, 0.25) is 0 Å². The maximum absolute atomic E-state index is 2.37. The van der Waals surface area contributed by atoms with Crippen LogP contribution in [0.5, 0.6) is 0 Å². The van der Waals surface area contributed by atoms with Crippen molar-refractivity contribution in [1.82, 2.24) is 0 Å². The highest BCUT2D eigenvalue weighted by Crippen LogP contribution is 2.08. The summed E-state index contributed by atoms with van der Waals surface area (Å²) in [6.45, 7) is 4.45. The summed E-state index contributed by atoms with van der Waals surface area (Å²) in [6, 6.07) is 0. The first-order chi connectivity index (χ1) is 8.41. The second-order valence-corrected chi connectivity index (χ2v) is 4.84. The third kappa shape index (κ3) is 15.5. The summed E-state index contributed by atoms with van der Waals surface area (Å²) in [5.74, 6) is 0. The van der Waals surface area contributed by atoms with Gasteiger partial charge in [0.25, 0.3) is 0 Å². The molecule has 0 amide bonds. The van der Waals surface area contributed by atoms with Crippen LogP contribution < -0.4 is 0 Å². The van der Waals surface area contributed by atoms with Crippen LogP contribution in [0.15, 0.2) is 24.3 Å². The highest BCUT2D eigenvalue weighted by Gasteiger charge is 1.88. The van der Waals surface area contributed by atoms with Crippen LogP contribution in [-0.2, 0) is 0 Å². The fraction of sp³-hybridized carbons (Fsp3) is 0.765. The van der Waals surface area contributed by atoms with Gasteiger partial charge < -0.3 is 0 Å². The van der Waals surface area contributed by atoms with Crippen molar-refractivity contribution in [2.75, 3.05) is 0 Å². The molecule has 0 saturated heterocycles. The SMILES string of the molecule is CC/C=C/CCCCCCC/C=C/CCCC. The van der Waals surface area contributed by atoms with Gasteiger partial charge in [-0.25, -0.2) is 0 Å². The second kappa shape index (κ2) is 15.5. The molecule has 0 aliphatic carbocycles. The van der Waals surface area contributed by atoms with E-state index >= 15 is 0 Å². The first-order valence-corrected chi connectivity index (χ1v) is 7.71. The third-order valence-electron chi connectivity index (χ3n) is 3.03. The highest BCUT2D eigenvalue weighted by molar-refractivity contribution is 4.81. The lowest BCUT2D eigenvalue weighted by Crippen LogP contribution is -1.78. The van der Waals surface area contributed by atoms with Gasteiger partial charge in [0.05, 0.1) is 0 Å². The van der Waals surface area contributed by atoms with Gasteiger partial charge >= 0.3 is 0 Å². The number of allylic oxidation sites excluding steroid dienone is 4. The van der Waals surface area contributed by atoms with Crippen LogP contribution in [-0.4, -0.2) is 0 Å². The molecule has 0 rings (SSSR count). The van der Waals surface area contributed by atoms with Crippen molar-refractivity contribution in [3.05, 3.63) is 24.3 Å². The molecule has 0 fully saturated rings. The summed E-state index contributed by atoms with van der Waals surface area (Å²) in [7, 11) is 0. The molecular weight excluding hydrogens is 204 g/mol. The van der Waals surface area contributed by atoms with E-state index in [9.17, 15) is 0 Å². The Hall–Kier alpha value is -0.520. The average Bonchev–Trinajstić information content (AvgIpc) is 2.35. The molecule has 0 spiro atoms. The lowest BCUT2D eigenvalue weighted by Gasteiger charge is -1.98. The Morgan fingerprint density at radius 2 is 1.00 bits per heavy atom. The number of unbranched alkanes of at least 4 members (excludes halogenated alkanes) is 8. The van der Waals surface area contributed by atoms with Gasteiger partial charge in [0.1, 0.15) is 0 Å². The Morgan fingerprint density at radius 1 is 0.529 bits per heavy atom. The van der Waals surface area contributed by atoms with Gasteiger partial charge in [0.2, 0.25) is 0 Å². The van der Waals surface area contributed by atoms with E-state index in [1.807, 2.05) is 0 Å². The molecule has 0 bridgehead atoms. The summed E-state index contributed by atoms with van der Waals surface area (Å²) >= 11 is 0. The fourth-order valence-corrected chi connectivity index (χ4v) is 1.90. The smallest absolute Gasteiger partial charge is 0.0351 e. The molecule has 0 aromatic carbocycles. The Morgan fingerprint density at radius 3 is 1.53 bits per heavy atom. The van der Waals surface area contributed by atoms with E-state index in [0.717, 1.165) is 0 Å². The summed E-state index contributed by atoms with van der Waals surface area (Å²) in [6.07, 6.45) is 24.0. The third-order valence-corrected chi connectivity index (χ3v) is 3.03. The maximum atomic E-state index is 2.37. The summed E-state index contributed by atoms with van der Waals surface area (Å²) < 4.78 is 0. The fourth-order valence-electron chi connectivity index (χ4n) is 1.90. The van der Waals surface area contributed by atoms with E-state index in [4.69, 9.17) is 0 Å². The van der Waals surface area contributed by atoms with E-state index < -0.39 is 0 Å². The van der Waals surface area contributed by atoms with E-state index in [-0.39, 0.29) is 0 Å². The van der Waals surface area contributed by atoms with Crippen molar-refractivity contribution in [3.8, 4) is 0 Å². The number of rotatable bonds is 12. The van der Waals surface area contributed by atoms with Gasteiger partial charge in [-0.2, -0.15) is 0 Å². The summed E-state index contributed by atoms with van der Waals surface area (Å²) in [4.78, 5) is 0. The van der Waals surface area contributed by atoms with E-state index in [0.29, 0.717) is 0 Å². The molecule has 0 heterocycles. The Kier molecular flexibility index (Phi) is 15.0. The zero-order chi connectivity index (χ0) is 12.6. The lowest BCUT2D eigenvalue weighted by atomic mass is 10.1. The van der Waals surface area contributed by atoms with E-state index in [1.54, 1.807) is 0 Å². The Balaban J connectivity index is 3.03. The van der Waals surface area contributed by atoms with Crippen LogP contribution in [0.25, 0.3) is 0 Å². The molecule has 0 aromatic rings. The largest absolute Gasteiger partial charge is 0.0888 e. The molecule has 100 valence electrons. The predicted octanol–water partition coefficient (Wildman–Crippen LogP) is 6.43. The molecule has 17 heavy (non-hydrogen) atoms. The Bertz CT molecular complexity index is 176. The molecule has 0 radical (unpaired) electrons. The normalized spacial score (nSPS) is 11.9. The van der Waals surface area contributed by atoms with E-state index in [1.165, 1.54) is 70.6 Å². The van der Waals surface area contributed by atoms with Crippen molar-refractivity contribution < 1.29 is 0 Å². The quantitative estimate of drug-likeness (QED) is 0.270. The van der Waals surface area contributed by atoms with Crippen LogP contribution in [0.3, 0.4) is 0 Å². The topological polar surface area (TPSA) is 0 Å². The van der Waals surface area contributed by atoms with Gasteiger partial charge in [0, 0.05) is 0 Å². The van der Waals surface area contributed by atoms with Gasteiger partial charge in [-0.15, -0.1) is 0 Å². The average molecular weight is 236 g/mol. The molecule has 0 aromatic heterocycles. The van der Waals surface area contributed by atoms with Gasteiger partial charge in [-0.3, -0.25) is 0 Å². The molecule has 0 aliphatic rings. The Labute approximate surface area is 109 Å². The van der Waals surface area contributed by atoms with Crippen LogP contribution in [0.1, 0.15) is 84.5 Å². The van der Waals surface area contributed by atoms with Crippen molar-refractivity contribution in [3.63, 3.8) is 0 Å². The predicted molar refractivity (Wildman–Crippen MR) is 80.4 cm³/mol. The monoisotopic (exact) mass is 236 g/mol. The van der Waals surface area contributed by atoms with Gasteiger partial charge in [-0.05, 0) is 38.5 Å². The minimum absolute atomic E-state index is 1.18. The first-order valence-electron chi connectivity index (χ1n) is 7.71. The van der Waals surface area contributed by atoms with Gasteiger partial charge in [0.15, 0.2) is 0 Å². The lowest BCUT2D eigenvalue weighted by molar-refractivity contribution is 0.621. The van der Waals surface area contributed by atoms with Crippen molar-refractivity contribution in [2.24, 2.45) is 0 Å². The van der Waals surface area contributed by atoms with Crippen LogP contribution in [0.4, 0.5) is 0 Å². The van der Waals surface area contributed by atoms with E-state index in [2.05, 4.69) is 38.2 Å². The second-order valence-electron chi connectivity index (χ2n) is 4.84. The van der Waals surface area contributed by atoms with Crippen LogP contribution >= 0.6 is 0 Å².